The summed E-state index contributed by atoms with van der Waals surface area (Å²) in [6, 6.07) is 7.99. The van der Waals surface area contributed by atoms with Crippen LogP contribution >= 0.6 is 0 Å². The lowest BCUT2D eigenvalue weighted by Crippen LogP contribution is -2.35. The third-order valence-electron chi connectivity index (χ3n) is 4.56. The van der Waals surface area contributed by atoms with Gasteiger partial charge in [-0.1, -0.05) is 25.1 Å². The van der Waals surface area contributed by atoms with E-state index in [1.807, 2.05) is 23.1 Å². The van der Waals surface area contributed by atoms with Crippen LogP contribution in [0.3, 0.4) is 0 Å². The molecule has 1 aromatic rings. The molecule has 2 saturated heterocycles. The Morgan fingerprint density at radius 2 is 1.95 bits per heavy atom. The van der Waals surface area contributed by atoms with Gasteiger partial charge in [0.2, 0.25) is 11.8 Å². The van der Waals surface area contributed by atoms with Crippen LogP contribution in [0.1, 0.15) is 31.7 Å². The number of para-hydroxylation sites is 1. The third-order valence-corrected chi connectivity index (χ3v) is 4.56. The number of rotatable bonds is 3. The summed E-state index contributed by atoms with van der Waals surface area (Å²) in [7, 11) is 0. The van der Waals surface area contributed by atoms with E-state index >= 15 is 0 Å². The van der Waals surface area contributed by atoms with Crippen molar-refractivity contribution in [3.63, 3.8) is 0 Å². The molecule has 4 heteroatoms. The molecule has 0 radical (unpaired) electrons. The van der Waals surface area contributed by atoms with Crippen molar-refractivity contribution in [2.24, 2.45) is 5.92 Å². The van der Waals surface area contributed by atoms with Gasteiger partial charge in [-0.05, 0) is 30.9 Å². The first kappa shape index (κ1) is 14.1. The normalized spacial score (nSPS) is 22.1. The van der Waals surface area contributed by atoms with Crippen LogP contribution in [-0.2, 0) is 16.0 Å². The number of anilines is 1. The Bertz CT molecular complexity index is 549. The number of nitrogens with zero attached hydrogens (tertiary/aromatic N) is 2. The minimum absolute atomic E-state index is 0.0773. The molecule has 0 aliphatic carbocycles. The van der Waals surface area contributed by atoms with Gasteiger partial charge in [0, 0.05) is 31.7 Å². The van der Waals surface area contributed by atoms with Crippen LogP contribution in [0.2, 0.25) is 0 Å². The fraction of sp³-hybridized carbons (Fsp3) is 0.529. The van der Waals surface area contributed by atoms with E-state index in [1.54, 1.807) is 4.90 Å². The Balaban J connectivity index is 1.76. The van der Waals surface area contributed by atoms with Crippen LogP contribution in [0.15, 0.2) is 24.3 Å². The number of hydrogen-bond acceptors (Lipinski definition) is 2. The molecule has 112 valence electrons. The Kier molecular flexibility index (Phi) is 3.95. The zero-order valence-electron chi connectivity index (χ0n) is 12.5. The number of carbonyl (C=O) groups excluding carboxylic acids is 2. The molecule has 0 aromatic heterocycles. The molecule has 1 aromatic carbocycles. The molecule has 0 spiro atoms. The first-order valence-electron chi connectivity index (χ1n) is 7.87. The first-order chi connectivity index (χ1) is 10.2. The predicted octanol–water partition coefficient (Wildman–Crippen LogP) is 2.22. The monoisotopic (exact) mass is 286 g/mol. The Hall–Kier alpha value is -1.84. The Morgan fingerprint density at radius 3 is 2.67 bits per heavy atom. The van der Waals surface area contributed by atoms with Gasteiger partial charge in [0.05, 0.1) is 5.92 Å². The van der Waals surface area contributed by atoms with E-state index in [2.05, 4.69) is 13.0 Å². The van der Waals surface area contributed by atoms with Gasteiger partial charge in [-0.3, -0.25) is 9.59 Å². The van der Waals surface area contributed by atoms with E-state index in [4.69, 9.17) is 0 Å². The van der Waals surface area contributed by atoms with Crippen LogP contribution in [-0.4, -0.2) is 36.3 Å². The number of hydrogen-bond donors (Lipinski definition) is 0. The molecule has 2 aliphatic heterocycles. The first-order valence-corrected chi connectivity index (χ1v) is 7.87. The maximum absolute atomic E-state index is 12.5. The lowest BCUT2D eigenvalue weighted by atomic mass is 10.1. The molecule has 4 nitrogen and oxygen atoms in total. The van der Waals surface area contributed by atoms with E-state index in [9.17, 15) is 9.59 Å². The van der Waals surface area contributed by atoms with Gasteiger partial charge in [0.1, 0.15) is 0 Å². The highest BCUT2D eigenvalue weighted by atomic mass is 16.2. The summed E-state index contributed by atoms with van der Waals surface area (Å²) < 4.78 is 0. The smallest absolute Gasteiger partial charge is 0.228 e. The lowest BCUT2D eigenvalue weighted by molar-refractivity contribution is -0.134. The Labute approximate surface area is 125 Å². The van der Waals surface area contributed by atoms with Crippen molar-refractivity contribution in [3.05, 3.63) is 29.8 Å². The van der Waals surface area contributed by atoms with Crippen molar-refractivity contribution in [2.75, 3.05) is 24.5 Å². The molecule has 2 heterocycles. The van der Waals surface area contributed by atoms with Crippen LogP contribution < -0.4 is 4.90 Å². The topological polar surface area (TPSA) is 40.6 Å². The van der Waals surface area contributed by atoms with Crippen LogP contribution in [0.5, 0.6) is 0 Å². The Morgan fingerprint density at radius 1 is 1.24 bits per heavy atom. The predicted molar refractivity (Wildman–Crippen MR) is 82.1 cm³/mol. The summed E-state index contributed by atoms with van der Waals surface area (Å²) in [6.45, 7) is 4.33. The van der Waals surface area contributed by atoms with Crippen molar-refractivity contribution < 1.29 is 9.59 Å². The molecule has 2 amide bonds. The van der Waals surface area contributed by atoms with Crippen molar-refractivity contribution >= 4 is 17.5 Å². The summed E-state index contributed by atoms with van der Waals surface area (Å²) in [5.41, 5.74) is 2.14. The lowest BCUT2D eigenvalue weighted by Gasteiger charge is -2.22. The summed E-state index contributed by atoms with van der Waals surface area (Å²) in [5.74, 6) is 0.0753. The number of benzene rings is 1. The highest BCUT2D eigenvalue weighted by Crippen LogP contribution is 2.29. The van der Waals surface area contributed by atoms with E-state index in [-0.39, 0.29) is 17.7 Å². The fourth-order valence-electron chi connectivity index (χ4n) is 3.37. The SMILES string of the molecule is CCc1ccccc1N1CC(C(=O)N2CCCC2)CC1=O. The maximum atomic E-state index is 12.5. The molecule has 2 fully saturated rings. The summed E-state index contributed by atoms with van der Waals surface area (Å²) in [6.07, 6.45) is 3.43. The molecule has 1 unspecified atom stereocenters. The van der Waals surface area contributed by atoms with E-state index in [0.29, 0.717) is 13.0 Å². The fourth-order valence-corrected chi connectivity index (χ4v) is 3.37. The third kappa shape index (κ3) is 2.67. The van der Waals surface area contributed by atoms with Gasteiger partial charge in [-0.2, -0.15) is 0 Å². The molecule has 3 rings (SSSR count). The minimum Gasteiger partial charge on any atom is -0.342 e. The van der Waals surface area contributed by atoms with Crippen LogP contribution in [0.25, 0.3) is 0 Å². The van der Waals surface area contributed by atoms with Crippen LogP contribution in [0, 0.1) is 5.92 Å². The average molecular weight is 286 g/mol. The molecule has 0 saturated carbocycles. The molecule has 2 aliphatic rings. The highest BCUT2D eigenvalue weighted by Gasteiger charge is 2.38. The van der Waals surface area contributed by atoms with E-state index in [1.165, 1.54) is 5.56 Å². The summed E-state index contributed by atoms with van der Waals surface area (Å²) in [5, 5.41) is 0. The molecular weight excluding hydrogens is 264 g/mol. The van der Waals surface area contributed by atoms with Gasteiger partial charge in [0.15, 0.2) is 0 Å². The second-order valence-electron chi connectivity index (χ2n) is 5.92. The van der Waals surface area contributed by atoms with Crippen molar-refractivity contribution in [1.29, 1.82) is 0 Å². The summed E-state index contributed by atoms with van der Waals surface area (Å²) >= 11 is 0. The number of likely N-dealkylation sites (tertiary alicyclic amines) is 1. The van der Waals surface area contributed by atoms with Gasteiger partial charge in [0.25, 0.3) is 0 Å². The second kappa shape index (κ2) is 5.88. The van der Waals surface area contributed by atoms with Gasteiger partial charge >= 0.3 is 0 Å². The van der Waals surface area contributed by atoms with E-state index < -0.39 is 0 Å². The molecule has 0 bridgehead atoms. The highest BCUT2D eigenvalue weighted by molar-refractivity contribution is 6.00. The zero-order chi connectivity index (χ0) is 14.8. The van der Waals surface area contributed by atoms with Crippen molar-refractivity contribution in [3.8, 4) is 0 Å². The zero-order valence-corrected chi connectivity index (χ0v) is 12.5. The standard InChI is InChI=1S/C17H22N2O2/c1-2-13-7-3-4-8-15(13)19-12-14(11-16(19)20)17(21)18-9-5-6-10-18/h3-4,7-8,14H,2,5-6,9-12H2,1H3. The number of amides is 2. The largest absolute Gasteiger partial charge is 0.342 e. The van der Waals surface area contributed by atoms with Gasteiger partial charge in [-0.25, -0.2) is 0 Å². The number of aryl methyl sites for hydroxylation is 1. The molecule has 0 N–H and O–H groups in total. The molecule has 21 heavy (non-hydrogen) atoms. The number of carbonyl (C=O) groups is 2. The van der Waals surface area contributed by atoms with E-state index in [0.717, 1.165) is 38.0 Å². The van der Waals surface area contributed by atoms with Gasteiger partial charge in [-0.15, -0.1) is 0 Å². The van der Waals surface area contributed by atoms with Crippen molar-refractivity contribution in [1.82, 2.24) is 4.90 Å². The minimum atomic E-state index is -0.166. The second-order valence-corrected chi connectivity index (χ2v) is 5.92. The van der Waals surface area contributed by atoms with Gasteiger partial charge < -0.3 is 9.80 Å². The molecular formula is C17H22N2O2. The van der Waals surface area contributed by atoms with Crippen molar-refractivity contribution in [2.45, 2.75) is 32.6 Å². The molecule has 1 atom stereocenters. The quantitative estimate of drug-likeness (QED) is 0.855. The summed E-state index contributed by atoms with van der Waals surface area (Å²) in [4.78, 5) is 28.5. The maximum Gasteiger partial charge on any atom is 0.228 e. The average Bonchev–Trinajstić information content (AvgIpc) is 3.16. The van der Waals surface area contributed by atoms with Crippen LogP contribution in [0.4, 0.5) is 5.69 Å².